The summed E-state index contributed by atoms with van der Waals surface area (Å²) in [5, 5.41) is 14.0. The van der Waals surface area contributed by atoms with Crippen LogP contribution in [0.1, 0.15) is 42.1 Å². The zero-order chi connectivity index (χ0) is 19.1. The molecular weight excluding hydrogens is 344 g/mol. The molecule has 0 aliphatic carbocycles. The van der Waals surface area contributed by atoms with Gasteiger partial charge in [0, 0.05) is 42.0 Å². The topological polar surface area (TPSA) is 98.5 Å². The predicted molar refractivity (Wildman–Crippen MR) is 103 cm³/mol. The minimum Gasteiger partial charge on any atom is -0.392 e. The van der Waals surface area contributed by atoms with Crippen LogP contribution in [0.25, 0.3) is 11.2 Å². The average Bonchev–Trinajstić information content (AvgIpc) is 3.28. The highest BCUT2D eigenvalue weighted by molar-refractivity contribution is 5.80. The van der Waals surface area contributed by atoms with E-state index in [9.17, 15) is 4.79 Å². The van der Waals surface area contributed by atoms with Crippen LogP contribution in [0.2, 0.25) is 0 Å². The molecule has 0 atom stereocenters. The lowest BCUT2D eigenvalue weighted by atomic mass is 10.0. The minimum absolute atomic E-state index is 0.0325. The van der Waals surface area contributed by atoms with Gasteiger partial charge in [0.15, 0.2) is 5.65 Å². The van der Waals surface area contributed by atoms with E-state index in [1.165, 1.54) is 4.52 Å². The number of aromatic amines is 1. The van der Waals surface area contributed by atoms with Crippen LogP contribution in [0.5, 0.6) is 0 Å². The summed E-state index contributed by atoms with van der Waals surface area (Å²) in [4.78, 5) is 21.8. The van der Waals surface area contributed by atoms with Gasteiger partial charge >= 0.3 is 0 Å². The number of aliphatic hydroxyl groups is 1. The SMILES string of the molecule is Cc1nc2c(C3=CN(c4ccc(CO)cn4)NC3)c[nH]n2c(=O)c1C(C)C. The average molecular weight is 366 g/mol. The van der Waals surface area contributed by atoms with Crippen molar-refractivity contribution in [2.75, 3.05) is 11.6 Å². The normalized spacial score (nSPS) is 14.4. The van der Waals surface area contributed by atoms with E-state index in [0.717, 1.165) is 33.8 Å². The minimum atomic E-state index is -0.0524. The van der Waals surface area contributed by atoms with Gasteiger partial charge in [0.25, 0.3) is 5.56 Å². The Kier molecular flexibility index (Phi) is 4.29. The summed E-state index contributed by atoms with van der Waals surface area (Å²) in [6.45, 7) is 6.44. The van der Waals surface area contributed by atoms with Crippen molar-refractivity contribution in [1.82, 2.24) is 25.0 Å². The number of anilines is 1. The molecule has 0 aromatic carbocycles. The molecule has 3 N–H and O–H groups in total. The van der Waals surface area contributed by atoms with Gasteiger partial charge in [-0.3, -0.25) is 14.9 Å². The van der Waals surface area contributed by atoms with Crippen molar-refractivity contribution in [3.05, 3.63) is 63.5 Å². The third-order valence-corrected chi connectivity index (χ3v) is 4.77. The molecule has 0 bridgehead atoms. The van der Waals surface area contributed by atoms with E-state index in [1.54, 1.807) is 6.20 Å². The van der Waals surface area contributed by atoms with Gasteiger partial charge in [-0.1, -0.05) is 19.9 Å². The number of hydrogen-bond acceptors (Lipinski definition) is 6. The summed E-state index contributed by atoms with van der Waals surface area (Å²) in [7, 11) is 0. The maximum atomic E-state index is 12.8. The lowest BCUT2D eigenvalue weighted by molar-refractivity contribution is 0.281. The molecule has 4 heterocycles. The number of aryl methyl sites for hydroxylation is 1. The number of nitrogens with zero attached hydrogens (tertiary/aromatic N) is 4. The number of aliphatic hydroxyl groups excluding tert-OH is 1. The van der Waals surface area contributed by atoms with Gasteiger partial charge in [-0.05, 0) is 30.0 Å². The van der Waals surface area contributed by atoms with Crippen molar-refractivity contribution >= 4 is 17.0 Å². The van der Waals surface area contributed by atoms with Gasteiger partial charge in [-0.25, -0.2) is 19.9 Å². The first-order valence-corrected chi connectivity index (χ1v) is 8.90. The Morgan fingerprint density at radius 2 is 2.15 bits per heavy atom. The smallest absolute Gasteiger partial charge is 0.276 e. The predicted octanol–water partition coefficient (Wildman–Crippen LogP) is 1.71. The lowest BCUT2D eigenvalue weighted by Crippen LogP contribution is -2.29. The monoisotopic (exact) mass is 366 g/mol. The maximum Gasteiger partial charge on any atom is 0.276 e. The van der Waals surface area contributed by atoms with Crippen molar-refractivity contribution in [1.29, 1.82) is 0 Å². The third-order valence-electron chi connectivity index (χ3n) is 4.77. The van der Waals surface area contributed by atoms with Crippen molar-refractivity contribution in [3.8, 4) is 0 Å². The molecule has 0 radical (unpaired) electrons. The van der Waals surface area contributed by atoms with E-state index < -0.39 is 0 Å². The number of H-pyrrole nitrogens is 1. The van der Waals surface area contributed by atoms with Gasteiger partial charge in [-0.2, -0.15) is 0 Å². The first kappa shape index (κ1) is 17.4. The van der Waals surface area contributed by atoms with Gasteiger partial charge in [0.05, 0.1) is 6.61 Å². The van der Waals surface area contributed by atoms with Crippen LogP contribution in [0.3, 0.4) is 0 Å². The Bertz CT molecular complexity index is 1080. The fraction of sp³-hybridized carbons (Fsp3) is 0.316. The Labute approximate surface area is 156 Å². The van der Waals surface area contributed by atoms with E-state index in [2.05, 4.69) is 20.5 Å². The molecule has 0 fully saturated rings. The summed E-state index contributed by atoms with van der Waals surface area (Å²) in [6.07, 6.45) is 5.40. The van der Waals surface area contributed by atoms with Crippen LogP contribution in [-0.2, 0) is 6.61 Å². The fourth-order valence-electron chi connectivity index (χ4n) is 3.42. The summed E-state index contributed by atoms with van der Waals surface area (Å²) < 4.78 is 1.51. The van der Waals surface area contributed by atoms with E-state index in [4.69, 9.17) is 5.11 Å². The van der Waals surface area contributed by atoms with Crippen LogP contribution >= 0.6 is 0 Å². The molecule has 1 aliphatic heterocycles. The molecule has 0 saturated heterocycles. The van der Waals surface area contributed by atoms with Crippen molar-refractivity contribution < 1.29 is 5.11 Å². The number of aromatic nitrogens is 4. The van der Waals surface area contributed by atoms with E-state index in [1.807, 2.05) is 50.3 Å². The number of hydrogen-bond donors (Lipinski definition) is 3. The number of hydrazine groups is 1. The molecule has 0 spiro atoms. The first-order valence-electron chi connectivity index (χ1n) is 8.90. The first-order chi connectivity index (χ1) is 13.0. The van der Waals surface area contributed by atoms with Gasteiger partial charge < -0.3 is 5.11 Å². The Morgan fingerprint density at radius 3 is 2.81 bits per heavy atom. The standard InChI is InChI=1S/C19H22N6O2/c1-11(2)17-12(3)23-18-15(8-22-25(18)19(17)27)14-7-21-24(9-14)16-5-4-13(10-26)6-20-16/h4-6,8-9,11,21-22,26H,7,10H2,1-3H3. The molecular formula is C19H22N6O2. The molecule has 4 rings (SSSR count). The number of pyridine rings is 1. The molecule has 140 valence electrons. The highest BCUT2D eigenvalue weighted by Crippen LogP contribution is 2.25. The summed E-state index contributed by atoms with van der Waals surface area (Å²) >= 11 is 0. The molecule has 8 nitrogen and oxygen atoms in total. The Hall–Kier alpha value is -2.97. The van der Waals surface area contributed by atoms with Crippen LogP contribution in [0, 0.1) is 6.92 Å². The van der Waals surface area contributed by atoms with Crippen LogP contribution in [-0.4, -0.2) is 31.2 Å². The van der Waals surface area contributed by atoms with Crippen LogP contribution in [0.15, 0.2) is 35.5 Å². The zero-order valence-electron chi connectivity index (χ0n) is 15.5. The highest BCUT2D eigenvalue weighted by atomic mass is 16.3. The van der Waals surface area contributed by atoms with Crippen LogP contribution < -0.4 is 16.0 Å². The zero-order valence-corrected chi connectivity index (χ0v) is 15.5. The van der Waals surface area contributed by atoms with Gasteiger partial charge in [0.1, 0.15) is 5.82 Å². The largest absolute Gasteiger partial charge is 0.392 e. The fourth-order valence-corrected chi connectivity index (χ4v) is 3.42. The molecule has 0 unspecified atom stereocenters. The maximum absolute atomic E-state index is 12.8. The molecule has 3 aromatic rings. The Balaban J connectivity index is 1.73. The second kappa shape index (κ2) is 6.64. The van der Waals surface area contributed by atoms with Gasteiger partial charge in [-0.15, -0.1) is 0 Å². The third kappa shape index (κ3) is 2.92. The number of fused-ring (bicyclic) bond motifs is 1. The second-order valence-corrected chi connectivity index (χ2v) is 6.96. The second-order valence-electron chi connectivity index (χ2n) is 6.96. The molecule has 0 saturated carbocycles. The van der Waals surface area contributed by atoms with Crippen molar-refractivity contribution in [3.63, 3.8) is 0 Å². The van der Waals surface area contributed by atoms with Gasteiger partial charge in [0.2, 0.25) is 0 Å². The van der Waals surface area contributed by atoms with Crippen molar-refractivity contribution in [2.24, 2.45) is 0 Å². The summed E-state index contributed by atoms with van der Waals surface area (Å²) in [5.74, 6) is 0.843. The molecule has 8 heteroatoms. The molecule has 27 heavy (non-hydrogen) atoms. The number of nitrogens with one attached hydrogen (secondary N) is 2. The number of rotatable bonds is 4. The quantitative estimate of drug-likeness (QED) is 0.650. The van der Waals surface area contributed by atoms with Crippen LogP contribution in [0.4, 0.5) is 5.82 Å². The summed E-state index contributed by atoms with van der Waals surface area (Å²) in [5.41, 5.74) is 7.98. The Morgan fingerprint density at radius 1 is 1.33 bits per heavy atom. The lowest BCUT2D eigenvalue weighted by Gasteiger charge is -2.14. The molecule has 0 amide bonds. The van der Waals surface area contributed by atoms with E-state index >= 15 is 0 Å². The summed E-state index contributed by atoms with van der Waals surface area (Å²) in [6, 6.07) is 3.68. The van der Waals surface area contributed by atoms with Crippen molar-refractivity contribution in [2.45, 2.75) is 33.3 Å². The van der Waals surface area contributed by atoms with E-state index in [-0.39, 0.29) is 18.1 Å². The molecule has 3 aromatic heterocycles. The van der Waals surface area contributed by atoms with E-state index in [0.29, 0.717) is 12.2 Å². The highest BCUT2D eigenvalue weighted by Gasteiger charge is 2.21. The molecule has 1 aliphatic rings.